The number of benzene rings is 2. The van der Waals surface area contributed by atoms with Gasteiger partial charge in [0.2, 0.25) is 0 Å². The molecule has 5 nitrogen and oxygen atoms in total. The number of methoxy groups -OCH3 is 1. The van der Waals surface area contributed by atoms with E-state index in [0.29, 0.717) is 68.0 Å². The largest absolute Gasteiger partial charge is 0.497 e. The number of aromatic nitrogens is 1. The van der Waals surface area contributed by atoms with Crippen LogP contribution in [0.25, 0.3) is 10.9 Å². The molecule has 2 N–H and O–H groups in total. The van der Waals surface area contributed by atoms with E-state index in [1.165, 1.54) is 7.11 Å². The highest BCUT2D eigenvalue weighted by molar-refractivity contribution is 5.84. The molecule has 200 valence electrons. The van der Waals surface area contributed by atoms with E-state index >= 15 is 0 Å². The van der Waals surface area contributed by atoms with Crippen LogP contribution in [0, 0.1) is 28.7 Å². The van der Waals surface area contributed by atoms with E-state index in [1.54, 1.807) is 18.2 Å². The third-order valence-corrected chi connectivity index (χ3v) is 7.59. The molecule has 2 heterocycles. The second kappa shape index (κ2) is 11.8. The van der Waals surface area contributed by atoms with E-state index in [4.69, 9.17) is 4.74 Å². The number of hydrogen-bond acceptors (Lipinski definition) is 5. The van der Waals surface area contributed by atoms with Gasteiger partial charge in [-0.2, -0.15) is 0 Å². The van der Waals surface area contributed by atoms with Crippen LogP contribution in [0.15, 0.2) is 36.5 Å². The Bertz CT molecular complexity index is 1230. The molecular weight excluding hydrogens is 488 g/mol. The van der Waals surface area contributed by atoms with Crippen LogP contribution in [0.1, 0.15) is 49.3 Å². The van der Waals surface area contributed by atoms with Gasteiger partial charge in [-0.25, -0.2) is 17.6 Å². The first-order valence-electron chi connectivity index (χ1n) is 12.5. The highest BCUT2D eigenvalue weighted by atomic mass is 19.2. The zero-order valence-electron chi connectivity index (χ0n) is 20.8. The van der Waals surface area contributed by atoms with Gasteiger partial charge < -0.3 is 19.8 Å². The molecule has 1 aliphatic heterocycles. The van der Waals surface area contributed by atoms with Crippen LogP contribution in [0.3, 0.4) is 0 Å². The molecule has 1 saturated heterocycles. The SMILES string of the molecule is COc1ccc2ncc(F)c(C(O)CCC3(CO)CCN(CCCc4cc(F)cc(F)c4F)CC3)c2c1. The summed E-state index contributed by atoms with van der Waals surface area (Å²) in [7, 11) is 1.51. The minimum atomic E-state index is -1.18. The molecule has 1 unspecified atom stereocenters. The Labute approximate surface area is 213 Å². The summed E-state index contributed by atoms with van der Waals surface area (Å²) in [6.07, 6.45) is 2.97. The molecule has 1 aliphatic rings. The van der Waals surface area contributed by atoms with Crippen molar-refractivity contribution in [3.8, 4) is 5.75 Å². The van der Waals surface area contributed by atoms with Crippen molar-refractivity contribution in [2.24, 2.45) is 5.41 Å². The van der Waals surface area contributed by atoms with Gasteiger partial charge in [-0.15, -0.1) is 0 Å². The molecule has 3 aromatic rings. The van der Waals surface area contributed by atoms with Crippen molar-refractivity contribution < 1.29 is 32.5 Å². The Balaban J connectivity index is 1.33. The monoisotopic (exact) mass is 520 g/mol. The lowest BCUT2D eigenvalue weighted by molar-refractivity contribution is 0.0231. The fourth-order valence-corrected chi connectivity index (χ4v) is 5.24. The molecule has 37 heavy (non-hydrogen) atoms. The van der Waals surface area contributed by atoms with Gasteiger partial charge in [0.1, 0.15) is 17.4 Å². The Morgan fingerprint density at radius 3 is 2.54 bits per heavy atom. The maximum absolute atomic E-state index is 14.7. The molecule has 1 atom stereocenters. The first-order valence-corrected chi connectivity index (χ1v) is 12.5. The number of piperidine rings is 1. The lowest BCUT2D eigenvalue weighted by Crippen LogP contribution is -2.42. The van der Waals surface area contributed by atoms with Gasteiger partial charge in [0, 0.05) is 23.6 Å². The number of nitrogens with zero attached hydrogens (tertiary/aromatic N) is 2. The van der Waals surface area contributed by atoms with Crippen molar-refractivity contribution in [2.45, 2.75) is 44.6 Å². The summed E-state index contributed by atoms with van der Waals surface area (Å²) in [6.45, 7) is 1.98. The molecule has 1 fully saturated rings. The zero-order chi connectivity index (χ0) is 26.6. The smallest absolute Gasteiger partial charge is 0.162 e. The molecule has 0 amide bonds. The van der Waals surface area contributed by atoms with Crippen molar-refractivity contribution in [3.63, 3.8) is 0 Å². The molecule has 2 aromatic carbocycles. The molecule has 0 bridgehead atoms. The zero-order valence-corrected chi connectivity index (χ0v) is 20.8. The number of fused-ring (bicyclic) bond motifs is 1. The summed E-state index contributed by atoms with van der Waals surface area (Å²) in [5, 5.41) is 21.7. The van der Waals surface area contributed by atoms with Crippen molar-refractivity contribution >= 4 is 10.9 Å². The predicted octanol–water partition coefficient (Wildman–Crippen LogP) is 5.32. The molecular formula is C28H32F4N2O3. The number of likely N-dealkylation sites (tertiary alicyclic amines) is 1. The van der Waals surface area contributed by atoms with Crippen LogP contribution in [-0.2, 0) is 6.42 Å². The van der Waals surface area contributed by atoms with Crippen molar-refractivity contribution in [2.75, 3.05) is 33.4 Å². The van der Waals surface area contributed by atoms with Crippen LogP contribution in [0.4, 0.5) is 17.6 Å². The maximum Gasteiger partial charge on any atom is 0.162 e. The summed E-state index contributed by atoms with van der Waals surface area (Å²) in [5.41, 5.74) is 0.367. The third kappa shape index (κ3) is 6.22. The van der Waals surface area contributed by atoms with Crippen LogP contribution < -0.4 is 4.74 Å². The molecule has 0 saturated carbocycles. The number of halogens is 4. The number of aryl methyl sites for hydroxylation is 1. The van der Waals surface area contributed by atoms with Gasteiger partial charge in [-0.05, 0) is 93.4 Å². The van der Waals surface area contributed by atoms with Gasteiger partial charge >= 0.3 is 0 Å². The third-order valence-electron chi connectivity index (χ3n) is 7.59. The first kappa shape index (κ1) is 27.3. The van der Waals surface area contributed by atoms with E-state index in [9.17, 15) is 27.8 Å². The lowest BCUT2D eigenvalue weighted by Gasteiger charge is -2.41. The lowest BCUT2D eigenvalue weighted by atomic mass is 9.74. The molecule has 9 heteroatoms. The van der Waals surface area contributed by atoms with Crippen molar-refractivity contribution in [1.82, 2.24) is 9.88 Å². The van der Waals surface area contributed by atoms with Crippen LogP contribution in [0.2, 0.25) is 0 Å². The van der Waals surface area contributed by atoms with E-state index < -0.39 is 34.8 Å². The average Bonchev–Trinajstić information content (AvgIpc) is 2.90. The number of aliphatic hydroxyl groups excluding tert-OH is 2. The van der Waals surface area contributed by atoms with E-state index in [0.717, 1.165) is 12.3 Å². The minimum Gasteiger partial charge on any atom is -0.497 e. The van der Waals surface area contributed by atoms with Gasteiger partial charge in [0.05, 0.1) is 24.9 Å². The highest BCUT2D eigenvalue weighted by Gasteiger charge is 2.34. The Morgan fingerprint density at radius 2 is 1.84 bits per heavy atom. The van der Waals surface area contributed by atoms with Gasteiger partial charge in [-0.3, -0.25) is 4.98 Å². The summed E-state index contributed by atoms with van der Waals surface area (Å²) in [4.78, 5) is 6.28. The highest BCUT2D eigenvalue weighted by Crippen LogP contribution is 2.39. The fourth-order valence-electron chi connectivity index (χ4n) is 5.24. The maximum atomic E-state index is 14.7. The van der Waals surface area contributed by atoms with E-state index in [2.05, 4.69) is 9.88 Å². The van der Waals surface area contributed by atoms with Gasteiger partial charge in [0.15, 0.2) is 11.6 Å². The van der Waals surface area contributed by atoms with Gasteiger partial charge in [0.25, 0.3) is 0 Å². The summed E-state index contributed by atoms with van der Waals surface area (Å²) >= 11 is 0. The van der Waals surface area contributed by atoms with Crippen molar-refractivity contribution in [3.05, 3.63) is 70.9 Å². The fraction of sp³-hybridized carbons (Fsp3) is 0.464. The summed E-state index contributed by atoms with van der Waals surface area (Å²) < 4.78 is 60.7. The number of ether oxygens (including phenoxy) is 1. The average molecular weight is 521 g/mol. The molecule has 0 aliphatic carbocycles. The number of pyridine rings is 1. The first-order chi connectivity index (χ1) is 17.7. The van der Waals surface area contributed by atoms with Crippen molar-refractivity contribution in [1.29, 1.82) is 0 Å². The van der Waals surface area contributed by atoms with E-state index in [1.807, 2.05) is 0 Å². The Hall–Kier alpha value is -2.75. The normalized spacial score (nSPS) is 16.7. The topological polar surface area (TPSA) is 65.8 Å². The van der Waals surface area contributed by atoms with Gasteiger partial charge in [-0.1, -0.05) is 0 Å². The Kier molecular flexibility index (Phi) is 8.67. The van der Waals surface area contributed by atoms with Crippen LogP contribution >= 0.6 is 0 Å². The standard InChI is InChI=1S/C28H32F4N2O3/c1-37-20-4-5-24-21(15-20)26(23(31)16-33-24)25(36)6-7-28(17-35)8-11-34(12-9-28)10-2-3-18-13-19(29)14-22(30)27(18)32/h4-5,13-16,25,35-36H,2-3,6-12,17H2,1H3. The Morgan fingerprint density at radius 1 is 1.08 bits per heavy atom. The van der Waals surface area contributed by atoms with Crippen LogP contribution in [0.5, 0.6) is 5.75 Å². The quantitative estimate of drug-likeness (QED) is 0.280. The number of aliphatic hydroxyl groups is 2. The number of hydrogen-bond donors (Lipinski definition) is 2. The number of rotatable bonds is 10. The second-order valence-electron chi connectivity index (χ2n) is 9.92. The van der Waals surface area contributed by atoms with E-state index in [-0.39, 0.29) is 30.6 Å². The molecule has 0 radical (unpaired) electrons. The molecule has 0 spiro atoms. The van der Waals surface area contributed by atoms with Crippen LogP contribution in [-0.4, -0.2) is 53.4 Å². The predicted molar refractivity (Wildman–Crippen MR) is 132 cm³/mol. The second-order valence-corrected chi connectivity index (χ2v) is 9.92. The molecule has 1 aromatic heterocycles. The minimum absolute atomic E-state index is 0.0293. The summed E-state index contributed by atoms with van der Waals surface area (Å²) in [6, 6.07) is 6.67. The summed E-state index contributed by atoms with van der Waals surface area (Å²) in [5.74, 6) is -3.02. The molecule has 4 rings (SSSR count).